The Hall–Kier alpha value is -1.51. The lowest BCUT2D eigenvalue weighted by Crippen LogP contribution is -2.32. The maximum absolute atomic E-state index is 12.3. The van der Waals surface area contributed by atoms with Crippen molar-refractivity contribution in [2.45, 2.75) is 26.7 Å². The smallest absolute Gasteiger partial charge is 0.253 e. The first-order valence-electron chi connectivity index (χ1n) is 6.26. The molecule has 1 aliphatic rings. The average molecular weight is 232 g/mol. The first-order chi connectivity index (χ1) is 8.10. The van der Waals surface area contributed by atoms with Gasteiger partial charge in [-0.2, -0.15) is 0 Å². The largest absolute Gasteiger partial charge is 0.399 e. The van der Waals surface area contributed by atoms with E-state index >= 15 is 0 Å². The molecule has 92 valence electrons. The van der Waals surface area contributed by atoms with Crippen molar-refractivity contribution in [3.63, 3.8) is 0 Å². The van der Waals surface area contributed by atoms with Gasteiger partial charge in [0.25, 0.3) is 5.91 Å². The van der Waals surface area contributed by atoms with E-state index in [4.69, 9.17) is 5.73 Å². The zero-order valence-corrected chi connectivity index (χ0v) is 10.6. The number of nitrogen functional groups attached to an aromatic ring is 1. The quantitative estimate of drug-likeness (QED) is 0.810. The monoisotopic (exact) mass is 232 g/mol. The number of benzene rings is 1. The number of nitrogens with two attached hydrogens (primary N) is 1. The van der Waals surface area contributed by atoms with Crippen LogP contribution in [-0.2, 0) is 0 Å². The fourth-order valence-corrected chi connectivity index (χ4v) is 2.09. The first kappa shape index (κ1) is 12.0. The Labute approximate surface area is 103 Å². The highest BCUT2D eigenvalue weighted by molar-refractivity contribution is 5.95. The van der Waals surface area contributed by atoms with Gasteiger partial charge in [-0.3, -0.25) is 4.79 Å². The Morgan fingerprint density at radius 3 is 2.65 bits per heavy atom. The summed E-state index contributed by atoms with van der Waals surface area (Å²) in [7, 11) is 0. The van der Waals surface area contributed by atoms with Crippen LogP contribution in [0.3, 0.4) is 0 Å². The number of carbonyl (C=O) groups excluding carboxylic acids is 1. The lowest BCUT2D eigenvalue weighted by atomic mass is 10.1. The summed E-state index contributed by atoms with van der Waals surface area (Å²) in [6, 6.07) is 5.56. The average Bonchev–Trinajstić information content (AvgIpc) is 3.07. The fourth-order valence-electron chi connectivity index (χ4n) is 2.09. The molecule has 1 aromatic carbocycles. The minimum absolute atomic E-state index is 0.106. The van der Waals surface area contributed by atoms with Crippen LogP contribution < -0.4 is 5.73 Å². The predicted molar refractivity (Wildman–Crippen MR) is 69.9 cm³/mol. The van der Waals surface area contributed by atoms with Gasteiger partial charge in [0.1, 0.15) is 0 Å². The number of anilines is 1. The second-order valence-electron chi connectivity index (χ2n) is 4.92. The molecule has 1 fully saturated rings. The minimum atomic E-state index is 0.106. The van der Waals surface area contributed by atoms with Crippen molar-refractivity contribution in [3.05, 3.63) is 29.3 Å². The van der Waals surface area contributed by atoms with Gasteiger partial charge in [0.05, 0.1) is 0 Å². The highest BCUT2D eigenvalue weighted by Gasteiger charge is 2.26. The molecule has 0 spiro atoms. The molecule has 0 heterocycles. The highest BCUT2D eigenvalue weighted by atomic mass is 16.2. The molecule has 1 saturated carbocycles. The van der Waals surface area contributed by atoms with Crippen LogP contribution in [0.2, 0.25) is 0 Å². The summed E-state index contributed by atoms with van der Waals surface area (Å²) >= 11 is 0. The van der Waals surface area contributed by atoms with Crippen LogP contribution >= 0.6 is 0 Å². The van der Waals surface area contributed by atoms with E-state index < -0.39 is 0 Å². The zero-order valence-electron chi connectivity index (χ0n) is 10.6. The van der Waals surface area contributed by atoms with E-state index in [-0.39, 0.29) is 5.91 Å². The van der Waals surface area contributed by atoms with E-state index in [1.54, 1.807) is 6.07 Å². The van der Waals surface area contributed by atoms with Gasteiger partial charge in [0, 0.05) is 24.3 Å². The van der Waals surface area contributed by atoms with E-state index in [2.05, 4.69) is 0 Å². The van der Waals surface area contributed by atoms with Crippen molar-refractivity contribution in [1.82, 2.24) is 4.90 Å². The maximum atomic E-state index is 12.3. The Morgan fingerprint density at radius 1 is 1.41 bits per heavy atom. The SMILES string of the molecule is CCN(CC1CC1)C(=O)c1cc(C)cc(N)c1. The van der Waals surface area contributed by atoms with Gasteiger partial charge < -0.3 is 10.6 Å². The molecule has 1 aliphatic carbocycles. The first-order valence-corrected chi connectivity index (χ1v) is 6.26. The molecule has 3 heteroatoms. The lowest BCUT2D eigenvalue weighted by Gasteiger charge is -2.21. The van der Waals surface area contributed by atoms with Gasteiger partial charge >= 0.3 is 0 Å². The summed E-state index contributed by atoms with van der Waals surface area (Å²) < 4.78 is 0. The van der Waals surface area contributed by atoms with Crippen LogP contribution in [-0.4, -0.2) is 23.9 Å². The van der Waals surface area contributed by atoms with E-state index in [0.29, 0.717) is 11.3 Å². The van der Waals surface area contributed by atoms with Crippen molar-refractivity contribution in [3.8, 4) is 0 Å². The Bertz CT molecular complexity index is 404. The summed E-state index contributed by atoms with van der Waals surface area (Å²) in [6.07, 6.45) is 2.53. The summed E-state index contributed by atoms with van der Waals surface area (Å²) in [4.78, 5) is 14.2. The summed E-state index contributed by atoms with van der Waals surface area (Å²) in [6.45, 7) is 5.65. The van der Waals surface area contributed by atoms with E-state index in [1.807, 2.05) is 30.9 Å². The second kappa shape index (κ2) is 4.78. The molecule has 0 atom stereocenters. The molecule has 0 bridgehead atoms. The molecule has 0 radical (unpaired) electrons. The van der Waals surface area contributed by atoms with Gasteiger partial charge in [-0.25, -0.2) is 0 Å². The number of carbonyl (C=O) groups is 1. The van der Waals surface area contributed by atoms with Crippen LogP contribution in [0.1, 0.15) is 35.7 Å². The van der Waals surface area contributed by atoms with Crippen molar-refractivity contribution in [2.75, 3.05) is 18.8 Å². The van der Waals surface area contributed by atoms with Crippen LogP contribution in [0, 0.1) is 12.8 Å². The summed E-state index contributed by atoms with van der Waals surface area (Å²) in [5, 5.41) is 0. The Kier molecular flexibility index (Phi) is 3.36. The van der Waals surface area contributed by atoms with E-state index in [1.165, 1.54) is 12.8 Å². The molecule has 2 N–H and O–H groups in total. The predicted octanol–water partition coefficient (Wildman–Crippen LogP) is 2.45. The van der Waals surface area contributed by atoms with Crippen molar-refractivity contribution in [2.24, 2.45) is 5.92 Å². The number of nitrogens with zero attached hydrogens (tertiary/aromatic N) is 1. The molecular weight excluding hydrogens is 212 g/mol. The van der Waals surface area contributed by atoms with E-state index in [9.17, 15) is 4.79 Å². The number of aryl methyl sites for hydroxylation is 1. The van der Waals surface area contributed by atoms with Gasteiger partial charge in [-0.1, -0.05) is 0 Å². The van der Waals surface area contributed by atoms with E-state index in [0.717, 1.165) is 24.6 Å². The Balaban J connectivity index is 2.15. The molecule has 2 rings (SSSR count). The molecule has 17 heavy (non-hydrogen) atoms. The zero-order chi connectivity index (χ0) is 12.4. The van der Waals surface area contributed by atoms with Gasteiger partial charge in [-0.15, -0.1) is 0 Å². The standard InChI is InChI=1S/C14H20N2O/c1-3-16(9-11-4-5-11)14(17)12-6-10(2)7-13(15)8-12/h6-8,11H,3-5,9,15H2,1-2H3. The third-order valence-electron chi connectivity index (χ3n) is 3.19. The summed E-state index contributed by atoms with van der Waals surface area (Å²) in [5.41, 5.74) is 8.20. The van der Waals surface area contributed by atoms with Crippen LogP contribution in [0.15, 0.2) is 18.2 Å². The molecule has 1 aromatic rings. The second-order valence-corrected chi connectivity index (χ2v) is 4.92. The Morgan fingerprint density at radius 2 is 2.12 bits per heavy atom. The molecule has 0 saturated heterocycles. The molecule has 1 amide bonds. The van der Waals surface area contributed by atoms with Gasteiger partial charge in [0.15, 0.2) is 0 Å². The van der Waals surface area contributed by atoms with Crippen molar-refractivity contribution in [1.29, 1.82) is 0 Å². The number of amides is 1. The molecular formula is C14H20N2O. The van der Waals surface area contributed by atoms with Crippen molar-refractivity contribution < 1.29 is 4.79 Å². The van der Waals surface area contributed by atoms with Gasteiger partial charge in [0.2, 0.25) is 0 Å². The minimum Gasteiger partial charge on any atom is -0.399 e. The fraction of sp³-hybridized carbons (Fsp3) is 0.500. The van der Waals surface area contributed by atoms with Crippen molar-refractivity contribution >= 4 is 11.6 Å². The summed E-state index contributed by atoms with van der Waals surface area (Å²) in [5.74, 6) is 0.829. The maximum Gasteiger partial charge on any atom is 0.253 e. The topological polar surface area (TPSA) is 46.3 Å². The highest BCUT2D eigenvalue weighted by Crippen LogP contribution is 2.30. The van der Waals surface area contributed by atoms with Crippen LogP contribution in [0.4, 0.5) is 5.69 Å². The number of hydrogen-bond acceptors (Lipinski definition) is 2. The number of hydrogen-bond donors (Lipinski definition) is 1. The molecule has 3 nitrogen and oxygen atoms in total. The normalized spacial score (nSPS) is 14.7. The third kappa shape index (κ3) is 2.99. The van der Waals surface area contributed by atoms with Gasteiger partial charge in [-0.05, 0) is 56.4 Å². The number of rotatable bonds is 4. The molecule has 0 aliphatic heterocycles. The molecule has 0 aromatic heterocycles. The van der Waals surface area contributed by atoms with Crippen LogP contribution in [0.5, 0.6) is 0 Å². The molecule has 0 unspecified atom stereocenters. The van der Waals surface area contributed by atoms with Crippen LogP contribution in [0.25, 0.3) is 0 Å². The lowest BCUT2D eigenvalue weighted by molar-refractivity contribution is 0.0757. The third-order valence-corrected chi connectivity index (χ3v) is 3.19.